The van der Waals surface area contributed by atoms with Crippen LogP contribution in [0.3, 0.4) is 0 Å². The summed E-state index contributed by atoms with van der Waals surface area (Å²) in [5, 5.41) is 5.52. The van der Waals surface area contributed by atoms with E-state index < -0.39 is 12.0 Å². The second kappa shape index (κ2) is 9.82. The number of nitrogens with one attached hydrogen (secondary N) is 2. The summed E-state index contributed by atoms with van der Waals surface area (Å²) in [4.78, 5) is 38.4. The predicted octanol–water partition coefficient (Wildman–Crippen LogP) is 2.14. The van der Waals surface area contributed by atoms with Crippen LogP contribution in [0.25, 0.3) is 0 Å². The van der Waals surface area contributed by atoms with E-state index in [-0.39, 0.29) is 28.8 Å². The van der Waals surface area contributed by atoms with E-state index in [1.165, 1.54) is 0 Å². The lowest BCUT2D eigenvalue weighted by molar-refractivity contribution is -0.147. The zero-order valence-electron chi connectivity index (χ0n) is 17.4. The molecule has 29 heavy (non-hydrogen) atoms. The Morgan fingerprint density at radius 2 is 1.93 bits per heavy atom. The average molecular weight is 420 g/mol. The van der Waals surface area contributed by atoms with E-state index in [1.54, 1.807) is 17.0 Å². The van der Waals surface area contributed by atoms with Gasteiger partial charge in [-0.15, -0.1) is 0 Å². The fraction of sp³-hybridized carbons (Fsp3) is 0.524. The smallest absolute Gasteiger partial charge is 0.308 e. The Morgan fingerprint density at radius 3 is 2.52 bits per heavy atom. The molecule has 1 aromatic carbocycles. The summed E-state index contributed by atoms with van der Waals surface area (Å²) in [6, 6.07) is 6.53. The first-order valence-electron chi connectivity index (χ1n) is 9.79. The molecular weight excluding hydrogens is 390 g/mol. The van der Waals surface area contributed by atoms with E-state index in [0.29, 0.717) is 31.7 Å². The third-order valence-electron chi connectivity index (χ3n) is 4.65. The highest BCUT2D eigenvalue weighted by atomic mass is 32.1. The molecule has 0 bridgehead atoms. The molecule has 2 amide bonds. The van der Waals surface area contributed by atoms with Crippen LogP contribution in [0.4, 0.5) is 0 Å². The van der Waals surface area contributed by atoms with Gasteiger partial charge in [-0.05, 0) is 41.7 Å². The maximum absolute atomic E-state index is 12.6. The summed E-state index contributed by atoms with van der Waals surface area (Å²) in [6.45, 7) is 9.29. The molecule has 1 unspecified atom stereocenters. The molecule has 0 aliphatic carbocycles. The molecule has 0 saturated carbocycles. The molecule has 1 atom stereocenters. The number of carbonyl (C=O) groups is 3. The van der Waals surface area contributed by atoms with Gasteiger partial charge in [-0.2, -0.15) is 0 Å². The molecule has 1 aliphatic heterocycles. The normalized spacial score (nSPS) is 16.8. The van der Waals surface area contributed by atoms with Crippen molar-refractivity contribution in [2.75, 3.05) is 19.7 Å². The molecule has 1 aromatic rings. The monoisotopic (exact) mass is 419 g/mol. The first kappa shape index (κ1) is 22.8. The Kier molecular flexibility index (Phi) is 7.73. The fourth-order valence-corrected chi connectivity index (χ4v) is 3.27. The van der Waals surface area contributed by atoms with Crippen molar-refractivity contribution in [3.63, 3.8) is 0 Å². The van der Waals surface area contributed by atoms with Crippen LogP contribution in [-0.2, 0) is 19.7 Å². The SMILES string of the molecule is CCCOC(=O)CC1C(=O)NCCN1C(=S)NC(=O)c1ccc(C(C)(C)C)cc1. The molecule has 1 fully saturated rings. The molecule has 158 valence electrons. The highest BCUT2D eigenvalue weighted by Crippen LogP contribution is 2.22. The first-order valence-corrected chi connectivity index (χ1v) is 10.2. The second-order valence-electron chi connectivity index (χ2n) is 8.01. The number of thiocarbonyl (C=S) groups is 1. The standard InChI is InChI=1S/C21H29N3O4S/c1-5-12-28-17(25)13-16-19(27)22-10-11-24(16)20(29)23-18(26)14-6-8-15(9-7-14)21(2,3)4/h6-9,16H,5,10-13H2,1-4H3,(H,22,27)(H,23,26,29). The van der Waals surface area contributed by atoms with Crippen molar-refractivity contribution in [3.8, 4) is 0 Å². The molecule has 1 aliphatic rings. The minimum absolute atomic E-state index is 0.00885. The van der Waals surface area contributed by atoms with Gasteiger partial charge < -0.3 is 15.0 Å². The lowest BCUT2D eigenvalue weighted by Crippen LogP contribution is -2.60. The lowest BCUT2D eigenvalue weighted by atomic mass is 9.87. The van der Waals surface area contributed by atoms with E-state index >= 15 is 0 Å². The summed E-state index contributed by atoms with van der Waals surface area (Å²) < 4.78 is 5.08. The molecule has 8 heteroatoms. The predicted molar refractivity (Wildman–Crippen MR) is 115 cm³/mol. The molecular formula is C21H29N3O4S. The zero-order chi connectivity index (χ0) is 21.6. The van der Waals surface area contributed by atoms with E-state index in [1.807, 2.05) is 19.1 Å². The number of ether oxygens (including phenoxy) is 1. The molecule has 0 aromatic heterocycles. The van der Waals surface area contributed by atoms with Crippen LogP contribution in [0.15, 0.2) is 24.3 Å². The van der Waals surface area contributed by atoms with Crippen molar-refractivity contribution in [2.45, 2.75) is 52.0 Å². The molecule has 1 saturated heterocycles. The van der Waals surface area contributed by atoms with Gasteiger partial charge in [0.15, 0.2) is 5.11 Å². The first-order chi connectivity index (χ1) is 13.6. The van der Waals surface area contributed by atoms with Crippen LogP contribution >= 0.6 is 12.2 Å². The Morgan fingerprint density at radius 1 is 1.28 bits per heavy atom. The maximum Gasteiger partial charge on any atom is 0.308 e. The highest BCUT2D eigenvalue weighted by molar-refractivity contribution is 7.80. The van der Waals surface area contributed by atoms with Gasteiger partial charge in [-0.3, -0.25) is 19.7 Å². The molecule has 1 heterocycles. The van der Waals surface area contributed by atoms with Crippen molar-refractivity contribution >= 4 is 35.1 Å². The van der Waals surface area contributed by atoms with Crippen molar-refractivity contribution in [2.24, 2.45) is 0 Å². The third kappa shape index (κ3) is 6.25. The molecule has 2 rings (SSSR count). The number of nitrogens with zero attached hydrogens (tertiary/aromatic N) is 1. The van der Waals surface area contributed by atoms with Crippen LogP contribution in [0, 0.1) is 0 Å². The molecule has 7 nitrogen and oxygen atoms in total. The number of piperazine rings is 1. The van der Waals surface area contributed by atoms with E-state index in [2.05, 4.69) is 31.4 Å². The number of hydrogen-bond donors (Lipinski definition) is 2. The van der Waals surface area contributed by atoms with Gasteiger partial charge in [0.25, 0.3) is 5.91 Å². The third-order valence-corrected chi connectivity index (χ3v) is 4.99. The number of carbonyl (C=O) groups excluding carboxylic acids is 3. The summed E-state index contributed by atoms with van der Waals surface area (Å²) in [5.41, 5.74) is 1.58. The van der Waals surface area contributed by atoms with E-state index in [4.69, 9.17) is 17.0 Å². The Bertz CT molecular complexity index is 771. The van der Waals surface area contributed by atoms with Gasteiger partial charge in [-0.25, -0.2) is 0 Å². The number of esters is 1. The average Bonchev–Trinajstić information content (AvgIpc) is 2.67. The highest BCUT2D eigenvalue weighted by Gasteiger charge is 2.34. The van der Waals surface area contributed by atoms with Crippen molar-refractivity contribution in [1.29, 1.82) is 0 Å². The van der Waals surface area contributed by atoms with Gasteiger partial charge in [0.2, 0.25) is 5.91 Å². The number of amides is 2. The summed E-state index contributed by atoms with van der Waals surface area (Å²) in [7, 11) is 0. The van der Waals surface area contributed by atoms with Gasteiger partial charge in [0.05, 0.1) is 13.0 Å². The number of benzene rings is 1. The summed E-state index contributed by atoms with van der Waals surface area (Å²) in [6.07, 6.45) is 0.580. The number of hydrogen-bond acceptors (Lipinski definition) is 5. The zero-order valence-corrected chi connectivity index (χ0v) is 18.2. The minimum Gasteiger partial charge on any atom is -0.466 e. The second-order valence-corrected chi connectivity index (χ2v) is 8.40. The van der Waals surface area contributed by atoms with Crippen molar-refractivity contribution in [1.82, 2.24) is 15.5 Å². The lowest BCUT2D eigenvalue weighted by Gasteiger charge is -2.36. The minimum atomic E-state index is -0.802. The topological polar surface area (TPSA) is 87.7 Å². The number of rotatable bonds is 5. The van der Waals surface area contributed by atoms with E-state index in [9.17, 15) is 14.4 Å². The van der Waals surface area contributed by atoms with Gasteiger partial charge >= 0.3 is 5.97 Å². The van der Waals surface area contributed by atoms with Crippen molar-refractivity contribution < 1.29 is 19.1 Å². The van der Waals surface area contributed by atoms with Crippen LogP contribution in [0.2, 0.25) is 0 Å². The molecule has 0 radical (unpaired) electrons. The largest absolute Gasteiger partial charge is 0.466 e. The quantitative estimate of drug-likeness (QED) is 0.562. The van der Waals surface area contributed by atoms with Gasteiger partial charge in [0, 0.05) is 18.7 Å². The maximum atomic E-state index is 12.6. The van der Waals surface area contributed by atoms with Crippen molar-refractivity contribution in [3.05, 3.63) is 35.4 Å². The Balaban J connectivity index is 2.05. The Labute approximate surface area is 177 Å². The molecule has 2 N–H and O–H groups in total. The van der Waals surface area contributed by atoms with Crippen LogP contribution in [0.5, 0.6) is 0 Å². The fourth-order valence-electron chi connectivity index (χ4n) is 2.96. The Hall–Kier alpha value is -2.48. The van der Waals surface area contributed by atoms with Crippen LogP contribution in [0.1, 0.15) is 56.5 Å². The summed E-state index contributed by atoms with van der Waals surface area (Å²) in [5.74, 6) is -1.13. The van der Waals surface area contributed by atoms with E-state index in [0.717, 1.165) is 5.56 Å². The van der Waals surface area contributed by atoms with Crippen LogP contribution < -0.4 is 10.6 Å². The van der Waals surface area contributed by atoms with Crippen LogP contribution in [-0.4, -0.2) is 53.5 Å². The van der Waals surface area contributed by atoms with Gasteiger partial charge in [0.1, 0.15) is 6.04 Å². The molecule has 0 spiro atoms. The summed E-state index contributed by atoms with van der Waals surface area (Å²) >= 11 is 5.37. The van der Waals surface area contributed by atoms with Gasteiger partial charge in [-0.1, -0.05) is 39.8 Å².